The van der Waals surface area contributed by atoms with Crippen LogP contribution >= 0.6 is 0 Å². The first-order valence-electron chi connectivity index (χ1n) is 11.0. The van der Waals surface area contributed by atoms with Crippen molar-refractivity contribution < 1.29 is 19.2 Å². The van der Waals surface area contributed by atoms with Gasteiger partial charge in [-0.15, -0.1) is 0 Å². The van der Waals surface area contributed by atoms with Crippen LogP contribution < -0.4 is 5.32 Å². The lowest BCUT2D eigenvalue weighted by Crippen LogP contribution is -2.52. The summed E-state index contributed by atoms with van der Waals surface area (Å²) in [5.41, 5.74) is -0.772. The first-order chi connectivity index (χ1) is 15.3. The zero-order chi connectivity index (χ0) is 22.6. The fraction of sp³-hybridized carbons (Fsp3) is 0.619. The number of ether oxygens (including phenoxy) is 1. The van der Waals surface area contributed by atoms with Gasteiger partial charge in [0.25, 0.3) is 5.91 Å². The summed E-state index contributed by atoms with van der Waals surface area (Å²) in [5, 5.41) is 22.8. The van der Waals surface area contributed by atoms with Crippen molar-refractivity contribution in [1.82, 2.24) is 19.6 Å². The van der Waals surface area contributed by atoms with E-state index >= 15 is 0 Å². The summed E-state index contributed by atoms with van der Waals surface area (Å²) in [6.07, 6.45) is 9.25. The number of aromatic nitrogens is 4. The van der Waals surface area contributed by atoms with E-state index in [9.17, 15) is 19.7 Å². The van der Waals surface area contributed by atoms with E-state index in [1.807, 2.05) is 0 Å². The summed E-state index contributed by atoms with van der Waals surface area (Å²) < 4.78 is 8.01. The average molecular weight is 442 g/mol. The topological polar surface area (TPSA) is 134 Å². The highest BCUT2D eigenvalue weighted by Gasteiger charge is 2.53. The maximum Gasteiger partial charge on any atom is 0.343 e. The van der Waals surface area contributed by atoms with Crippen LogP contribution in [0.3, 0.4) is 0 Å². The highest BCUT2D eigenvalue weighted by molar-refractivity contribution is 6.08. The van der Waals surface area contributed by atoms with Crippen LogP contribution in [-0.2, 0) is 17.3 Å². The van der Waals surface area contributed by atoms with Crippen LogP contribution in [0, 0.1) is 27.9 Å². The van der Waals surface area contributed by atoms with Gasteiger partial charge in [-0.1, -0.05) is 0 Å². The Labute approximate surface area is 184 Å². The number of anilines is 1. The molecule has 2 aromatic heterocycles. The molecule has 2 heterocycles. The predicted octanol–water partition coefficient (Wildman–Crippen LogP) is 2.88. The number of hydrogen-bond acceptors (Lipinski definition) is 7. The smallest absolute Gasteiger partial charge is 0.343 e. The molecule has 0 aromatic carbocycles. The van der Waals surface area contributed by atoms with Gasteiger partial charge >= 0.3 is 11.7 Å². The van der Waals surface area contributed by atoms with Crippen LogP contribution in [0.1, 0.15) is 66.3 Å². The number of rotatable bonds is 6. The van der Waals surface area contributed by atoms with Crippen LogP contribution in [-0.4, -0.2) is 43.0 Å². The van der Waals surface area contributed by atoms with Crippen LogP contribution in [0.5, 0.6) is 0 Å². The molecule has 4 aliphatic carbocycles. The van der Waals surface area contributed by atoms with Gasteiger partial charge in [-0.2, -0.15) is 10.2 Å². The number of nitro groups is 1. The average Bonchev–Trinajstić information content (AvgIpc) is 3.33. The monoisotopic (exact) mass is 442 g/mol. The highest BCUT2D eigenvalue weighted by atomic mass is 16.6. The summed E-state index contributed by atoms with van der Waals surface area (Å²) >= 11 is 0. The minimum atomic E-state index is -0.755. The van der Waals surface area contributed by atoms with Crippen LogP contribution in [0.2, 0.25) is 0 Å². The molecule has 11 heteroatoms. The number of nitrogens with zero attached hydrogens (tertiary/aromatic N) is 5. The first kappa shape index (κ1) is 20.7. The summed E-state index contributed by atoms with van der Waals surface area (Å²) in [6, 6.07) is 0. The molecule has 11 nitrogen and oxygen atoms in total. The maximum atomic E-state index is 13.1. The number of esters is 1. The molecule has 0 unspecified atom stereocenters. The fourth-order valence-corrected chi connectivity index (χ4v) is 6.36. The second-order valence-electron chi connectivity index (χ2n) is 9.41. The predicted molar refractivity (Wildman–Crippen MR) is 112 cm³/mol. The van der Waals surface area contributed by atoms with E-state index in [1.165, 1.54) is 36.3 Å². The first-order valence-corrected chi connectivity index (χ1v) is 11.0. The van der Waals surface area contributed by atoms with E-state index in [0.717, 1.165) is 19.3 Å². The van der Waals surface area contributed by atoms with Gasteiger partial charge in [-0.25, -0.2) is 4.79 Å². The van der Waals surface area contributed by atoms with E-state index in [1.54, 1.807) is 18.7 Å². The quantitative estimate of drug-likeness (QED) is 0.413. The minimum absolute atomic E-state index is 0.0749. The Morgan fingerprint density at radius 3 is 2.44 bits per heavy atom. The summed E-state index contributed by atoms with van der Waals surface area (Å²) in [6.45, 7) is 1.84. The second kappa shape index (κ2) is 7.42. The van der Waals surface area contributed by atoms with Crippen LogP contribution in [0.15, 0.2) is 12.4 Å². The van der Waals surface area contributed by atoms with Gasteiger partial charge in [0.15, 0.2) is 0 Å². The third-order valence-corrected chi connectivity index (χ3v) is 7.26. The molecule has 0 atom stereocenters. The third-order valence-electron chi connectivity index (χ3n) is 7.26. The normalized spacial score (nSPS) is 28.0. The Balaban J connectivity index is 1.47. The molecule has 0 saturated heterocycles. The van der Waals surface area contributed by atoms with Gasteiger partial charge in [0.05, 0.1) is 23.3 Å². The Hall–Kier alpha value is -3.24. The van der Waals surface area contributed by atoms with E-state index < -0.39 is 16.8 Å². The standard InChI is InChI=1S/C21H26N6O5/c1-3-32-20(29)15-10-22-25(2)18(15)23-19(28)17-16(27(30)31)11-26(24-17)21-7-12-4-13(8-21)6-14(5-12)9-21/h10-14H,3-9H2,1-2H3,(H,23,28). The number of carbonyl (C=O) groups is 2. The molecule has 4 bridgehead atoms. The van der Waals surface area contributed by atoms with Gasteiger partial charge in [0.1, 0.15) is 17.6 Å². The van der Waals surface area contributed by atoms with Crippen LogP contribution in [0.4, 0.5) is 11.5 Å². The van der Waals surface area contributed by atoms with Crippen LogP contribution in [0.25, 0.3) is 0 Å². The van der Waals surface area contributed by atoms with Crippen molar-refractivity contribution in [2.45, 2.75) is 51.0 Å². The van der Waals surface area contributed by atoms with E-state index in [4.69, 9.17) is 4.74 Å². The number of hydrogen-bond donors (Lipinski definition) is 1. The molecular formula is C21H26N6O5. The summed E-state index contributed by atoms with van der Waals surface area (Å²) in [5.74, 6) is 0.598. The zero-order valence-corrected chi connectivity index (χ0v) is 18.1. The lowest BCUT2D eigenvalue weighted by molar-refractivity contribution is -0.385. The molecule has 2 aromatic rings. The largest absolute Gasteiger partial charge is 0.462 e. The van der Waals surface area contributed by atoms with E-state index in [-0.39, 0.29) is 34.9 Å². The summed E-state index contributed by atoms with van der Waals surface area (Å²) in [4.78, 5) is 36.5. The molecule has 0 radical (unpaired) electrons. The van der Waals surface area contributed by atoms with Crippen molar-refractivity contribution in [3.63, 3.8) is 0 Å². The molecule has 0 aliphatic heterocycles. The van der Waals surface area contributed by atoms with Gasteiger partial charge in [-0.05, 0) is 63.2 Å². The lowest BCUT2D eigenvalue weighted by Gasteiger charge is -2.56. The molecule has 4 fully saturated rings. The van der Waals surface area contributed by atoms with Crippen molar-refractivity contribution in [1.29, 1.82) is 0 Å². The zero-order valence-electron chi connectivity index (χ0n) is 18.1. The van der Waals surface area contributed by atoms with Crippen molar-refractivity contribution in [3.8, 4) is 0 Å². The molecule has 1 amide bonds. The third kappa shape index (κ3) is 3.26. The maximum absolute atomic E-state index is 13.1. The minimum Gasteiger partial charge on any atom is -0.462 e. The Bertz CT molecular complexity index is 1070. The Morgan fingerprint density at radius 1 is 1.25 bits per heavy atom. The molecule has 4 saturated carbocycles. The molecule has 32 heavy (non-hydrogen) atoms. The molecular weight excluding hydrogens is 416 g/mol. The van der Waals surface area contributed by atoms with Gasteiger partial charge < -0.3 is 10.1 Å². The number of nitrogens with one attached hydrogen (secondary N) is 1. The van der Waals surface area contributed by atoms with Crippen molar-refractivity contribution in [2.24, 2.45) is 24.8 Å². The van der Waals surface area contributed by atoms with Gasteiger partial charge in [0.2, 0.25) is 5.69 Å². The highest BCUT2D eigenvalue weighted by Crippen LogP contribution is 2.58. The summed E-state index contributed by atoms with van der Waals surface area (Å²) in [7, 11) is 1.56. The van der Waals surface area contributed by atoms with Crippen molar-refractivity contribution >= 4 is 23.4 Å². The molecule has 6 rings (SSSR count). The number of aryl methyl sites for hydroxylation is 1. The van der Waals surface area contributed by atoms with Gasteiger partial charge in [-0.3, -0.25) is 24.3 Å². The number of carbonyl (C=O) groups excluding carboxylic acids is 2. The lowest BCUT2D eigenvalue weighted by atomic mass is 9.53. The van der Waals surface area contributed by atoms with Crippen molar-refractivity contribution in [2.75, 3.05) is 11.9 Å². The van der Waals surface area contributed by atoms with Gasteiger partial charge in [0, 0.05) is 7.05 Å². The molecule has 4 aliphatic rings. The fourth-order valence-electron chi connectivity index (χ4n) is 6.36. The molecule has 170 valence electrons. The van der Waals surface area contributed by atoms with E-state index in [2.05, 4.69) is 15.5 Å². The SMILES string of the molecule is CCOC(=O)c1cnn(C)c1NC(=O)c1nn(C23CC4CC(CC(C4)C2)C3)cc1[N+](=O)[O-]. The van der Waals surface area contributed by atoms with Crippen molar-refractivity contribution in [3.05, 3.63) is 33.8 Å². The molecule has 0 spiro atoms. The van der Waals surface area contributed by atoms with E-state index in [0.29, 0.717) is 17.8 Å². The Kier molecular flexibility index (Phi) is 4.79. The second-order valence-corrected chi connectivity index (χ2v) is 9.41. The molecule has 1 N–H and O–H groups in total. The number of amides is 1. The Morgan fingerprint density at radius 2 is 1.88 bits per heavy atom.